The number of pyridine rings is 2. The van der Waals surface area contributed by atoms with Crippen molar-refractivity contribution < 1.29 is 4.79 Å². The average Bonchev–Trinajstić information content (AvgIpc) is 3.10. The molecular formula is C24H17ClN4OS. The Morgan fingerprint density at radius 1 is 1.00 bits per heavy atom. The van der Waals surface area contributed by atoms with Crippen LogP contribution < -0.4 is 11.1 Å². The van der Waals surface area contributed by atoms with Crippen molar-refractivity contribution in [3.8, 4) is 11.3 Å². The Morgan fingerprint density at radius 3 is 2.58 bits per heavy atom. The summed E-state index contributed by atoms with van der Waals surface area (Å²) in [4.78, 5) is 23.5. The Hall–Kier alpha value is -3.48. The van der Waals surface area contributed by atoms with Crippen molar-refractivity contribution in [1.29, 1.82) is 0 Å². The van der Waals surface area contributed by atoms with Gasteiger partial charge < -0.3 is 11.1 Å². The second-order valence-corrected chi connectivity index (χ2v) is 8.62. The summed E-state index contributed by atoms with van der Waals surface area (Å²) in [5, 5.41) is 5.32. The van der Waals surface area contributed by atoms with Crippen LogP contribution in [-0.2, 0) is 0 Å². The van der Waals surface area contributed by atoms with Crippen LogP contribution in [0.3, 0.4) is 0 Å². The van der Waals surface area contributed by atoms with Crippen LogP contribution in [-0.4, -0.2) is 15.9 Å². The molecule has 3 N–H and O–H groups in total. The number of amides is 1. The third kappa shape index (κ3) is 3.60. The summed E-state index contributed by atoms with van der Waals surface area (Å²) in [6.45, 7) is 1.90. The average molecular weight is 445 g/mol. The first-order valence-electron chi connectivity index (χ1n) is 9.62. The first kappa shape index (κ1) is 19.5. The van der Waals surface area contributed by atoms with E-state index in [0.717, 1.165) is 33.2 Å². The van der Waals surface area contributed by atoms with Crippen LogP contribution in [0.4, 0.5) is 11.4 Å². The van der Waals surface area contributed by atoms with Gasteiger partial charge in [0.2, 0.25) is 0 Å². The van der Waals surface area contributed by atoms with E-state index in [-0.39, 0.29) is 5.91 Å². The summed E-state index contributed by atoms with van der Waals surface area (Å²) in [5.41, 5.74) is 10.9. The van der Waals surface area contributed by atoms with Crippen LogP contribution in [0, 0.1) is 6.92 Å². The van der Waals surface area contributed by atoms with Crippen LogP contribution >= 0.6 is 22.9 Å². The number of para-hydroxylation sites is 1. The van der Waals surface area contributed by atoms with Crippen molar-refractivity contribution in [2.45, 2.75) is 6.92 Å². The van der Waals surface area contributed by atoms with Gasteiger partial charge in [0.1, 0.15) is 9.71 Å². The normalized spacial score (nSPS) is 11.2. The number of hydrogen-bond donors (Lipinski definition) is 2. The smallest absolute Gasteiger partial charge is 0.267 e. The van der Waals surface area contributed by atoms with Gasteiger partial charge in [-0.1, -0.05) is 41.9 Å². The molecule has 0 radical (unpaired) electrons. The predicted molar refractivity (Wildman–Crippen MR) is 129 cm³/mol. The molecule has 0 spiro atoms. The molecule has 0 unspecified atom stereocenters. The lowest BCUT2D eigenvalue weighted by atomic mass is 10.1. The lowest BCUT2D eigenvalue weighted by molar-refractivity contribution is 0.103. The topological polar surface area (TPSA) is 80.9 Å². The molecule has 0 aliphatic rings. The van der Waals surface area contributed by atoms with Crippen LogP contribution in [0.1, 0.15) is 15.4 Å². The number of nitrogens with zero attached hydrogens (tertiary/aromatic N) is 2. The number of nitrogen functional groups attached to an aromatic ring is 1. The van der Waals surface area contributed by atoms with E-state index in [1.54, 1.807) is 0 Å². The van der Waals surface area contributed by atoms with E-state index in [1.165, 1.54) is 11.3 Å². The fraction of sp³-hybridized carbons (Fsp3) is 0.0417. The predicted octanol–water partition coefficient (Wildman–Crippen LogP) is 6.31. The number of carbonyl (C=O) groups excluding carboxylic acids is 1. The molecule has 1 amide bonds. The zero-order valence-electron chi connectivity index (χ0n) is 16.5. The van der Waals surface area contributed by atoms with Crippen molar-refractivity contribution in [3.05, 3.63) is 82.3 Å². The monoisotopic (exact) mass is 444 g/mol. The van der Waals surface area contributed by atoms with Gasteiger partial charge in [-0.2, -0.15) is 0 Å². The molecule has 3 aromatic heterocycles. The minimum Gasteiger partial charge on any atom is -0.397 e. The van der Waals surface area contributed by atoms with Crippen molar-refractivity contribution in [1.82, 2.24) is 9.97 Å². The molecule has 0 atom stereocenters. The lowest BCUT2D eigenvalue weighted by Crippen LogP contribution is -2.12. The lowest BCUT2D eigenvalue weighted by Gasteiger charge is -2.09. The molecule has 31 heavy (non-hydrogen) atoms. The number of anilines is 2. The summed E-state index contributed by atoms with van der Waals surface area (Å²) in [5.74, 6) is -0.260. The summed E-state index contributed by atoms with van der Waals surface area (Å²) >= 11 is 7.27. The fourth-order valence-corrected chi connectivity index (χ4v) is 4.65. The summed E-state index contributed by atoms with van der Waals surface area (Å²) < 4.78 is 0. The van der Waals surface area contributed by atoms with Gasteiger partial charge in [0.25, 0.3) is 5.91 Å². The van der Waals surface area contributed by atoms with Crippen LogP contribution in [0.15, 0.2) is 66.7 Å². The van der Waals surface area contributed by atoms with E-state index in [2.05, 4.69) is 10.3 Å². The number of fused-ring (bicyclic) bond motifs is 2. The highest BCUT2D eigenvalue weighted by Gasteiger charge is 2.19. The van der Waals surface area contributed by atoms with E-state index in [1.807, 2.05) is 73.7 Å². The Bertz CT molecular complexity index is 1460. The molecular weight excluding hydrogens is 428 g/mol. The molecule has 0 saturated heterocycles. The number of thiophene rings is 1. The van der Waals surface area contributed by atoms with Crippen LogP contribution in [0.2, 0.25) is 5.02 Å². The van der Waals surface area contributed by atoms with E-state index in [4.69, 9.17) is 22.3 Å². The molecule has 3 heterocycles. The van der Waals surface area contributed by atoms with Gasteiger partial charge in [0.05, 0.1) is 22.6 Å². The molecule has 152 valence electrons. The number of nitrogens with one attached hydrogen (secondary N) is 1. The molecule has 0 bridgehead atoms. The second-order valence-electron chi connectivity index (χ2n) is 7.18. The molecule has 5 rings (SSSR count). The maximum atomic E-state index is 13.1. The Kier molecular flexibility index (Phi) is 4.81. The van der Waals surface area contributed by atoms with Gasteiger partial charge in [-0.25, -0.2) is 4.98 Å². The van der Waals surface area contributed by atoms with Gasteiger partial charge in [-0.15, -0.1) is 11.3 Å². The van der Waals surface area contributed by atoms with Gasteiger partial charge in [-0.05, 0) is 43.3 Å². The van der Waals surface area contributed by atoms with Gasteiger partial charge >= 0.3 is 0 Å². The minimum atomic E-state index is -0.260. The molecule has 0 saturated carbocycles. The van der Waals surface area contributed by atoms with Crippen LogP contribution in [0.5, 0.6) is 0 Å². The van der Waals surface area contributed by atoms with Gasteiger partial charge in [-0.3, -0.25) is 9.78 Å². The number of hydrogen-bond acceptors (Lipinski definition) is 5. The van der Waals surface area contributed by atoms with E-state index in [0.29, 0.717) is 26.1 Å². The van der Waals surface area contributed by atoms with E-state index < -0.39 is 0 Å². The van der Waals surface area contributed by atoms with Crippen molar-refractivity contribution in [2.75, 3.05) is 11.1 Å². The largest absolute Gasteiger partial charge is 0.397 e. The van der Waals surface area contributed by atoms with Crippen molar-refractivity contribution >= 4 is 61.3 Å². The molecule has 5 aromatic rings. The first-order chi connectivity index (χ1) is 15.0. The van der Waals surface area contributed by atoms with Gasteiger partial charge in [0, 0.05) is 27.1 Å². The third-order valence-electron chi connectivity index (χ3n) is 5.03. The number of halogens is 1. The molecule has 5 nitrogen and oxygen atoms in total. The maximum absolute atomic E-state index is 13.1. The number of rotatable bonds is 3. The van der Waals surface area contributed by atoms with Crippen molar-refractivity contribution in [3.63, 3.8) is 0 Å². The summed E-state index contributed by atoms with van der Waals surface area (Å²) in [7, 11) is 0. The Morgan fingerprint density at radius 2 is 1.77 bits per heavy atom. The number of nitrogens with two attached hydrogens (primary N) is 1. The van der Waals surface area contributed by atoms with Crippen LogP contribution in [0.25, 0.3) is 32.4 Å². The second kappa shape index (κ2) is 7.65. The molecule has 0 fully saturated rings. The van der Waals surface area contributed by atoms with E-state index >= 15 is 0 Å². The Balaban J connectivity index is 1.52. The minimum absolute atomic E-state index is 0.260. The van der Waals surface area contributed by atoms with Gasteiger partial charge in [0.15, 0.2) is 0 Å². The highest BCUT2D eigenvalue weighted by atomic mass is 35.5. The van der Waals surface area contributed by atoms with Crippen molar-refractivity contribution in [2.24, 2.45) is 0 Å². The third-order valence-corrected chi connectivity index (χ3v) is 6.40. The first-order valence-corrected chi connectivity index (χ1v) is 10.8. The number of aryl methyl sites for hydroxylation is 1. The molecule has 0 aliphatic heterocycles. The summed E-state index contributed by atoms with van der Waals surface area (Å²) in [6, 6.07) is 20.9. The quantitative estimate of drug-likeness (QED) is 0.341. The fourth-order valence-electron chi connectivity index (χ4n) is 3.54. The number of carbonyl (C=O) groups is 1. The molecule has 2 aromatic carbocycles. The standard InChI is InChI=1S/C24H17ClN4OS/c1-13-12-20(16-4-2-3-5-19(16)27-13)28-23(30)22-21(26)17-10-11-18(29-24(17)31-22)14-6-8-15(25)9-7-14/h2-12H,26H2,1H3,(H,27,28,30). The SMILES string of the molecule is Cc1cc(NC(=O)c2sc3nc(-c4ccc(Cl)cc4)ccc3c2N)c2ccccc2n1. The highest BCUT2D eigenvalue weighted by Crippen LogP contribution is 2.35. The Labute approximate surface area is 187 Å². The molecule has 0 aliphatic carbocycles. The molecule has 7 heteroatoms. The zero-order valence-corrected chi connectivity index (χ0v) is 18.1. The summed E-state index contributed by atoms with van der Waals surface area (Å²) in [6.07, 6.45) is 0. The highest BCUT2D eigenvalue weighted by molar-refractivity contribution is 7.21. The van der Waals surface area contributed by atoms with E-state index in [9.17, 15) is 4.79 Å². The zero-order chi connectivity index (χ0) is 21.5. The maximum Gasteiger partial charge on any atom is 0.267 e. The number of aromatic nitrogens is 2. The number of benzene rings is 2.